The van der Waals surface area contributed by atoms with E-state index in [4.69, 9.17) is 26.0 Å². The number of aryl methyl sites for hydroxylation is 1. The average molecular weight is 638 g/mol. The molecule has 2 aromatic heterocycles. The number of thiophene rings is 1. The van der Waals surface area contributed by atoms with Crippen LogP contribution in [0.3, 0.4) is 0 Å². The monoisotopic (exact) mass is 637 g/mol. The summed E-state index contributed by atoms with van der Waals surface area (Å²) in [5.41, 5.74) is 13.2. The molecule has 0 bridgehead atoms. The van der Waals surface area contributed by atoms with Gasteiger partial charge in [-0.1, -0.05) is 5.16 Å². The van der Waals surface area contributed by atoms with E-state index < -0.39 is 17.0 Å². The van der Waals surface area contributed by atoms with E-state index in [-0.39, 0.29) is 11.9 Å². The molecule has 13 nitrogen and oxygen atoms in total. The molecule has 0 spiro atoms. The number of oxime groups is 1. The Kier molecular flexibility index (Phi) is 9.14. The first kappa shape index (κ1) is 32.3. The number of nitriles is 1. The standard InChI is InChI=1S/C31H43N9O4S/c1-30(2,3)43-29(42)40-15-13-38(14-16-40)20-17-22(35-24(18-20)39-11-9-37(5)10-12-39)26(33)36-44-28(41)31(4)8-6-7-23-25(31)21(19-32)27(34)45-23/h17-18H,6-16,34H2,1-5H3,(H2,33,36). The maximum absolute atomic E-state index is 13.5. The minimum atomic E-state index is -1.06. The summed E-state index contributed by atoms with van der Waals surface area (Å²) >= 11 is 1.35. The highest BCUT2D eigenvalue weighted by atomic mass is 32.1. The van der Waals surface area contributed by atoms with Crippen molar-refractivity contribution in [3.63, 3.8) is 0 Å². The number of anilines is 3. The molecule has 4 heterocycles. The number of hydrogen-bond acceptors (Lipinski definition) is 12. The fraction of sp³-hybridized carbons (Fsp3) is 0.581. The van der Waals surface area contributed by atoms with E-state index in [0.717, 1.165) is 55.4 Å². The molecule has 2 saturated heterocycles. The molecule has 14 heteroatoms. The van der Waals surface area contributed by atoms with Crippen LogP contribution in [0.1, 0.15) is 62.2 Å². The molecule has 1 unspecified atom stereocenters. The smallest absolute Gasteiger partial charge is 0.410 e. The molecule has 1 amide bonds. The van der Waals surface area contributed by atoms with Gasteiger partial charge >= 0.3 is 12.1 Å². The van der Waals surface area contributed by atoms with Gasteiger partial charge in [0.2, 0.25) is 0 Å². The zero-order valence-corrected chi connectivity index (χ0v) is 27.6. The number of piperazine rings is 2. The number of pyridine rings is 1. The minimum absolute atomic E-state index is 0.0297. The van der Waals surface area contributed by atoms with Crippen LogP contribution in [-0.4, -0.2) is 97.7 Å². The Hall–Kier alpha value is -4.09. The Morgan fingerprint density at radius 3 is 2.40 bits per heavy atom. The zero-order valence-electron chi connectivity index (χ0n) is 26.8. The quantitative estimate of drug-likeness (QED) is 0.214. The Morgan fingerprint density at radius 2 is 1.76 bits per heavy atom. The van der Waals surface area contributed by atoms with E-state index in [2.05, 4.69) is 33.0 Å². The predicted molar refractivity (Wildman–Crippen MR) is 175 cm³/mol. The van der Waals surface area contributed by atoms with E-state index in [1.165, 1.54) is 11.3 Å². The summed E-state index contributed by atoms with van der Waals surface area (Å²) in [4.78, 5) is 45.7. The molecule has 1 aliphatic carbocycles. The third-order valence-corrected chi connectivity index (χ3v) is 9.69. The lowest BCUT2D eigenvalue weighted by molar-refractivity contribution is -0.150. The van der Waals surface area contributed by atoms with Crippen molar-refractivity contribution >= 4 is 45.7 Å². The first-order valence-corrected chi connectivity index (χ1v) is 16.2. The van der Waals surface area contributed by atoms with E-state index in [0.29, 0.717) is 54.4 Å². The largest absolute Gasteiger partial charge is 0.444 e. The Labute approximate surface area is 268 Å². The van der Waals surface area contributed by atoms with Crippen LogP contribution in [0.4, 0.5) is 21.3 Å². The average Bonchev–Trinajstić information content (AvgIpc) is 3.35. The molecule has 2 aromatic rings. The second-order valence-corrected chi connectivity index (χ2v) is 14.2. The van der Waals surface area contributed by atoms with Crippen LogP contribution in [0, 0.1) is 11.3 Å². The number of hydrogen-bond donors (Lipinski definition) is 2. The highest BCUT2D eigenvalue weighted by Crippen LogP contribution is 2.46. The van der Waals surface area contributed by atoms with Gasteiger partial charge in [-0.15, -0.1) is 11.3 Å². The number of nitrogen functional groups attached to an aromatic ring is 1. The lowest BCUT2D eigenvalue weighted by Gasteiger charge is -2.38. The number of nitrogens with zero attached hydrogens (tertiary/aromatic N) is 7. The first-order valence-electron chi connectivity index (χ1n) is 15.3. The fourth-order valence-electron chi connectivity index (χ4n) is 6.02. The highest BCUT2D eigenvalue weighted by molar-refractivity contribution is 7.16. The number of amides is 1. The van der Waals surface area contributed by atoms with E-state index >= 15 is 0 Å². The zero-order chi connectivity index (χ0) is 32.5. The molecule has 2 aliphatic heterocycles. The van der Waals surface area contributed by atoms with Crippen molar-refractivity contribution in [3.05, 3.63) is 33.8 Å². The van der Waals surface area contributed by atoms with E-state index in [1.807, 2.05) is 32.9 Å². The number of rotatable bonds is 5. The Morgan fingerprint density at radius 1 is 1.09 bits per heavy atom. The Balaban J connectivity index is 1.38. The first-order chi connectivity index (χ1) is 21.3. The van der Waals surface area contributed by atoms with Crippen molar-refractivity contribution in [2.24, 2.45) is 10.9 Å². The third-order valence-electron chi connectivity index (χ3n) is 8.61. The number of fused-ring (bicyclic) bond motifs is 1. The lowest BCUT2D eigenvalue weighted by Crippen LogP contribution is -2.50. The van der Waals surface area contributed by atoms with Crippen LogP contribution >= 0.6 is 11.3 Å². The molecule has 45 heavy (non-hydrogen) atoms. The van der Waals surface area contributed by atoms with Gasteiger partial charge in [0.15, 0.2) is 5.84 Å². The summed E-state index contributed by atoms with van der Waals surface area (Å²) < 4.78 is 5.56. The summed E-state index contributed by atoms with van der Waals surface area (Å²) in [5, 5.41) is 14.2. The number of carbonyl (C=O) groups is 2. The van der Waals surface area contributed by atoms with Crippen LogP contribution in [0.15, 0.2) is 17.3 Å². The lowest BCUT2D eigenvalue weighted by atomic mass is 9.72. The Bertz CT molecular complexity index is 1510. The number of aromatic nitrogens is 1. The van der Waals surface area contributed by atoms with Gasteiger partial charge in [-0.05, 0) is 60.1 Å². The van der Waals surface area contributed by atoms with Gasteiger partial charge in [0, 0.05) is 74.6 Å². The van der Waals surface area contributed by atoms with Gasteiger partial charge in [-0.25, -0.2) is 14.6 Å². The second-order valence-electron chi connectivity index (χ2n) is 13.1. The van der Waals surface area contributed by atoms with Gasteiger partial charge in [-0.3, -0.25) is 0 Å². The summed E-state index contributed by atoms with van der Waals surface area (Å²) in [5.74, 6) is 0.137. The molecule has 5 rings (SSSR count). The molecule has 2 fully saturated rings. The normalized spacial score (nSPS) is 21.2. The van der Waals surface area contributed by atoms with Crippen LogP contribution in [0.2, 0.25) is 0 Å². The number of carbonyl (C=O) groups excluding carboxylic acids is 2. The third kappa shape index (κ3) is 6.94. The summed E-state index contributed by atoms with van der Waals surface area (Å²) in [7, 11) is 2.09. The highest BCUT2D eigenvalue weighted by Gasteiger charge is 2.45. The van der Waals surface area contributed by atoms with Crippen molar-refractivity contribution < 1.29 is 19.2 Å². The maximum Gasteiger partial charge on any atom is 0.410 e. The second kappa shape index (κ2) is 12.7. The molecule has 4 N–H and O–H groups in total. The van der Waals surface area contributed by atoms with Crippen molar-refractivity contribution in [2.45, 2.75) is 58.0 Å². The van der Waals surface area contributed by atoms with Crippen LogP contribution in [-0.2, 0) is 26.2 Å². The van der Waals surface area contributed by atoms with Crippen LogP contribution in [0.5, 0.6) is 0 Å². The van der Waals surface area contributed by atoms with Crippen LogP contribution in [0.25, 0.3) is 0 Å². The molecule has 0 radical (unpaired) electrons. The minimum Gasteiger partial charge on any atom is -0.444 e. The number of likely N-dealkylation sites (N-methyl/N-ethyl adjacent to an activating group) is 1. The van der Waals surface area contributed by atoms with Gasteiger partial charge < -0.3 is 40.6 Å². The molecule has 0 saturated carbocycles. The number of ether oxygens (including phenoxy) is 1. The predicted octanol–water partition coefficient (Wildman–Crippen LogP) is 2.86. The van der Waals surface area contributed by atoms with Gasteiger partial charge in [-0.2, -0.15) is 5.26 Å². The molecule has 3 aliphatic rings. The van der Waals surface area contributed by atoms with Crippen molar-refractivity contribution in [2.75, 3.05) is 74.9 Å². The fourth-order valence-corrected chi connectivity index (χ4v) is 7.22. The van der Waals surface area contributed by atoms with Gasteiger partial charge in [0.25, 0.3) is 0 Å². The summed E-state index contributed by atoms with van der Waals surface area (Å²) in [6.45, 7) is 13.0. The van der Waals surface area contributed by atoms with Gasteiger partial charge in [0.05, 0.1) is 11.0 Å². The van der Waals surface area contributed by atoms with Crippen molar-refractivity contribution in [3.8, 4) is 6.07 Å². The topological polar surface area (TPSA) is 167 Å². The van der Waals surface area contributed by atoms with Crippen LogP contribution < -0.4 is 21.3 Å². The molecular formula is C31H43N9O4S. The van der Waals surface area contributed by atoms with Crippen molar-refractivity contribution in [1.82, 2.24) is 14.8 Å². The van der Waals surface area contributed by atoms with E-state index in [1.54, 1.807) is 11.8 Å². The van der Waals surface area contributed by atoms with Crippen molar-refractivity contribution in [1.29, 1.82) is 5.26 Å². The number of nitrogens with two attached hydrogens (primary N) is 2. The maximum atomic E-state index is 13.5. The molecule has 242 valence electrons. The SMILES string of the molecule is CN1CCN(c2cc(N3CCN(C(=O)OC(C)(C)C)CC3)cc(/C(N)=N/OC(=O)C3(C)CCCc4sc(N)c(C#N)c43)n2)CC1. The van der Waals surface area contributed by atoms with E-state index in [9.17, 15) is 14.9 Å². The molecule has 1 atom stereocenters. The van der Waals surface area contributed by atoms with Gasteiger partial charge in [0.1, 0.15) is 28.2 Å². The molecule has 0 aromatic carbocycles. The summed E-state index contributed by atoms with van der Waals surface area (Å²) in [6, 6.07) is 6.04. The summed E-state index contributed by atoms with van der Waals surface area (Å²) in [6.07, 6.45) is 1.72. The molecular weight excluding hydrogens is 594 g/mol. The number of amidine groups is 1.